The minimum absolute atomic E-state index is 0.407. The molecule has 1 atom stereocenters. The first-order valence-corrected chi connectivity index (χ1v) is 6.77. The summed E-state index contributed by atoms with van der Waals surface area (Å²) in [4.78, 5) is 0. The van der Waals surface area contributed by atoms with Crippen LogP contribution in [-0.2, 0) is 0 Å². The van der Waals surface area contributed by atoms with Crippen LogP contribution in [0.1, 0.15) is 65.2 Å². The Morgan fingerprint density at radius 2 is 2.00 bits per heavy atom. The van der Waals surface area contributed by atoms with Gasteiger partial charge in [0.15, 0.2) is 0 Å². The molecule has 0 bridgehead atoms. The van der Waals surface area contributed by atoms with Gasteiger partial charge in [0.2, 0.25) is 0 Å². The Labute approximate surface area is 99.7 Å². The van der Waals surface area contributed by atoms with E-state index in [1.54, 1.807) is 0 Å². The van der Waals surface area contributed by atoms with Gasteiger partial charge in [-0.25, -0.2) is 0 Å². The zero-order valence-corrected chi connectivity index (χ0v) is 10.7. The lowest BCUT2D eigenvalue weighted by Crippen LogP contribution is -2.37. The lowest BCUT2D eigenvalue weighted by atomic mass is 9.67. The first kappa shape index (κ1) is 13.5. The van der Waals surface area contributed by atoms with E-state index < -0.39 is 11.5 Å². The zero-order valence-electron chi connectivity index (χ0n) is 10.7. The summed E-state index contributed by atoms with van der Waals surface area (Å²) >= 11 is 0. The van der Waals surface area contributed by atoms with Gasteiger partial charge in [0.05, 0.1) is 17.6 Å². The SMILES string of the molecule is CCCCC(O)C1(C#N)CCC(CC)CC1. The highest BCUT2D eigenvalue weighted by Gasteiger charge is 2.40. The standard InChI is InChI=1S/C14H25NO/c1-3-5-6-13(16)14(11-15)9-7-12(4-2)8-10-14/h12-13,16H,3-10H2,1-2H3. The fraction of sp³-hybridized carbons (Fsp3) is 0.929. The van der Waals surface area contributed by atoms with Gasteiger partial charge in [-0.15, -0.1) is 0 Å². The monoisotopic (exact) mass is 223 g/mol. The lowest BCUT2D eigenvalue weighted by Gasteiger charge is -2.38. The fourth-order valence-corrected chi connectivity index (χ4v) is 2.79. The Morgan fingerprint density at radius 1 is 1.38 bits per heavy atom. The molecule has 0 heterocycles. The van der Waals surface area contributed by atoms with Crippen molar-refractivity contribution >= 4 is 0 Å². The predicted molar refractivity (Wildman–Crippen MR) is 65.8 cm³/mol. The summed E-state index contributed by atoms with van der Waals surface area (Å²) in [7, 11) is 0. The maximum atomic E-state index is 10.2. The van der Waals surface area contributed by atoms with Gasteiger partial charge in [-0.3, -0.25) is 0 Å². The van der Waals surface area contributed by atoms with E-state index in [0.717, 1.165) is 50.9 Å². The number of aliphatic hydroxyl groups excluding tert-OH is 1. The molecule has 1 aliphatic rings. The van der Waals surface area contributed by atoms with Crippen molar-refractivity contribution in [2.75, 3.05) is 0 Å². The highest BCUT2D eigenvalue weighted by atomic mass is 16.3. The molecule has 0 radical (unpaired) electrons. The molecule has 0 aromatic rings. The second-order valence-corrected chi connectivity index (χ2v) is 5.28. The molecule has 2 nitrogen and oxygen atoms in total. The molecule has 0 saturated heterocycles. The van der Waals surface area contributed by atoms with Crippen molar-refractivity contribution in [2.24, 2.45) is 11.3 Å². The molecule has 1 fully saturated rings. The maximum absolute atomic E-state index is 10.2. The number of nitrogens with zero attached hydrogens (tertiary/aromatic N) is 1. The molecule has 92 valence electrons. The van der Waals surface area contributed by atoms with E-state index in [0.29, 0.717) is 0 Å². The largest absolute Gasteiger partial charge is 0.391 e. The third-order valence-corrected chi connectivity index (χ3v) is 4.27. The van der Waals surface area contributed by atoms with Crippen LogP contribution in [0.3, 0.4) is 0 Å². The van der Waals surface area contributed by atoms with Gasteiger partial charge in [-0.2, -0.15) is 5.26 Å². The quantitative estimate of drug-likeness (QED) is 0.773. The highest BCUT2D eigenvalue weighted by molar-refractivity contribution is 5.05. The molecule has 1 rings (SSSR count). The van der Waals surface area contributed by atoms with Crippen LogP contribution in [0, 0.1) is 22.7 Å². The van der Waals surface area contributed by atoms with Crippen LogP contribution in [0.2, 0.25) is 0 Å². The van der Waals surface area contributed by atoms with Crippen molar-refractivity contribution in [3.8, 4) is 6.07 Å². The second kappa shape index (κ2) is 6.25. The third kappa shape index (κ3) is 2.98. The molecular weight excluding hydrogens is 198 g/mol. The Bertz CT molecular complexity index is 236. The smallest absolute Gasteiger partial charge is 0.0832 e. The molecule has 0 amide bonds. The fourth-order valence-electron chi connectivity index (χ4n) is 2.79. The van der Waals surface area contributed by atoms with Crippen molar-refractivity contribution in [1.29, 1.82) is 5.26 Å². The van der Waals surface area contributed by atoms with E-state index in [1.165, 1.54) is 6.42 Å². The van der Waals surface area contributed by atoms with Crippen molar-refractivity contribution < 1.29 is 5.11 Å². The molecule has 2 heteroatoms. The average Bonchev–Trinajstić information content (AvgIpc) is 2.35. The normalized spacial score (nSPS) is 32.0. The minimum atomic E-state index is -0.430. The number of unbranched alkanes of at least 4 members (excludes halogenated alkanes) is 1. The third-order valence-electron chi connectivity index (χ3n) is 4.27. The van der Waals surface area contributed by atoms with Gasteiger partial charge in [0.25, 0.3) is 0 Å². The topological polar surface area (TPSA) is 44.0 Å². The van der Waals surface area contributed by atoms with Crippen molar-refractivity contribution in [3.63, 3.8) is 0 Å². The van der Waals surface area contributed by atoms with Gasteiger partial charge in [0, 0.05) is 0 Å². The van der Waals surface area contributed by atoms with E-state index in [-0.39, 0.29) is 0 Å². The number of hydrogen-bond donors (Lipinski definition) is 1. The molecule has 0 aliphatic heterocycles. The number of nitriles is 1. The molecule has 16 heavy (non-hydrogen) atoms. The molecular formula is C14H25NO. The van der Waals surface area contributed by atoms with Crippen molar-refractivity contribution in [1.82, 2.24) is 0 Å². The van der Waals surface area contributed by atoms with E-state index in [4.69, 9.17) is 0 Å². The van der Waals surface area contributed by atoms with E-state index in [9.17, 15) is 10.4 Å². The Balaban J connectivity index is 2.55. The first-order chi connectivity index (χ1) is 7.68. The van der Waals surface area contributed by atoms with Crippen LogP contribution in [0.15, 0.2) is 0 Å². The van der Waals surface area contributed by atoms with Gasteiger partial charge >= 0.3 is 0 Å². The molecule has 0 spiro atoms. The lowest BCUT2D eigenvalue weighted by molar-refractivity contribution is 0.0185. The molecule has 0 aromatic heterocycles. The van der Waals surface area contributed by atoms with Crippen LogP contribution in [0.25, 0.3) is 0 Å². The van der Waals surface area contributed by atoms with Crippen LogP contribution >= 0.6 is 0 Å². The maximum Gasteiger partial charge on any atom is 0.0832 e. The zero-order chi connectivity index (χ0) is 12.0. The Morgan fingerprint density at radius 3 is 2.44 bits per heavy atom. The summed E-state index contributed by atoms with van der Waals surface area (Å²) in [5, 5.41) is 19.6. The van der Waals surface area contributed by atoms with Gasteiger partial charge < -0.3 is 5.11 Å². The Hall–Kier alpha value is -0.550. The van der Waals surface area contributed by atoms with Gasteiger partial charge in [-0.1, -0.05) is 33.1 Å². The summed E-state index contributed by atoms with van der Waals surface area (Å²) < 4.78 is 0. The van der Waals surface area contributed by atoms with Crippen LogP contribution in [0.4, 0.5) is 0 Å². The molecule has 0 aromatic carbocycles. The van der Waals surface area contributed by atoms with Crippen LogP contribution < -0.4 is 0 Å². The van der Waals surface area contributed by atoms with E-state index in [2.05, 4.69) is 19.9 Å². The van der Waals surface area contributed by atoms with Gasteiger partial charge in [-0.05, 0) is 38.0 Å². The minimum Gasteiger partial charge on any atom is -0.391 e. The van der Waals surface area contributed by atoms with E-state index in [1.807, 2.05) is 0 Å². The summed E-state index contributed by atoms with van der Waals surface area (Å²) in [5.41, 5.74) is -0.430. The summed E-state index contributed by atoms with van der Waals surface area (Å²) in [5.74, 6) is 0.778. The molecule has 1 saturated carbocycles. The molecule has 1 N–H and O–H groups in total. The highest BCUT2D eigenvalue weighted by Crippen LogP contribution is 2.43. The van der Waals surface area contributed by atoms with Crippen LogP contribution in [0.5, 0.6) is 0 Å². The number of hydrogen-bond acceptors (Lipinski definition) is 2. The van der Waals surface area contributed by atoms with Gasteiger partial charge in [0.1, 0.15) is 0 Å². The number of aliphatic hydroxyl groups is 1. The van der Waals surface area contributed by atoms with Crippen LogP contribution in [-0.4, -0.2) is 11.2 Å². The molecule has 1 aliphatic carbocycles. The summed E-state index contributed by atoms with van der Waals surface area (Å²) in [6, 6.07) is 2.42. The number of rotatable bonds is 5. The summed E-state index contributed by atoms with van der Waals surface area (Å²) in [6.07, 6.45) is 7.75. The predicted octanol–water partition coefficient (Wildman–Crippen LogP) is 3.65. The summed E-state index contributed by atoms with van der Waals surface area (Å²) in [6.45, 7) is 4.34. The van der Waals surface area contributed by atoms with Crippen molar-refractivity contribution in [2.45, 2.75) is 71.3 Å². The van der Waals surface area contributed by atoms with Crippen molar-refractivity contribution in [3.05, 3.63) is 0 Å². The molecule has 1 unspecified atom stereocenters. The first-order valence-electron chi connectivity index (χ1n) is 6.77. The Kier molecular flexibility index (Phi) is 5.28. The van der Waals surface area contributed by atoms with E-state index >= 15 is 0 Å². The average molecular weight is 223 g/mol. The second-order valence-electron chi connectivity index (χ2n) is 5.28.